The van der Waals surface area contributed by atoms with Crippen LogP contribution in [0.15, 0.2) is 0 Å². The highest BCUT2D eigenvalue weighted by Gasteiger charge is 2.30. The first-order valence-electron chi connectivity index (χ1n) is 5.31. The number of carbonyl (C=O) groups is 1. The van der Waals surface area contributed by atoms with Crippen LogP contribution in [0.25, 0.3) is 0 Å². The van der Waals surface area contributed by atoms with Crippen LogP contribution in [0.5, 0.6) is 0 Å². The number of amides is 1. The molecule has 0 bridgehead atoms. The lowest BCUT2D eigenvalue weighted by Gasteiger charge is -2.12. The fourth-order valence-electron chi connectivity index (χ4n) is 1.72. The molecule has 2 aliphatic rings. The topological polar surface area (TPSA) is 29.1 Å². The second-order valence-corrected chi connectivity index (χ2v) is 6.59. The number of alkyl halides is 1. The lowest BCUT2D eigenvalue weighted by molar-refractivity contribution is -0.120. The molecule has 2 atom stereocenters. The van der Waals surface area contributed by atoms with E-state index in [1.54, 1.807) is 11.8 Å². The lowest BCUT2D eigenvalue weighted by atomic mass is 10.2. The number of hydrogen-bond acceptors (Lipinski definition) is 2. The van der Waals surface area contributed by atoms with Gasteiger partial charge in [-0.3, -0.25) is 4.79 Å². The van der Waals surface area contributed by atoms with Crippen molar-refractivity contribution in [3.63, 3.8) is 0 Å². The van der Waals surface area contributed by atoms with Crippen LogP contribution in [0.2, 0.25) is 0 Å². The average Bonchev–Trinajstić information content (AvgIpc) is 2.90. The van der Waals surface area contributed by atoms with Crippen LogP contribution in [-0.2, 0) is 4.79 Å². The maximum atomic E-state index is 11.6. The molecule has 1 aliphatic heterocycles. The van der Waals surface area contributed by atoms with Gasteiger partial charge in [-0.1, -0.05) is 15.9 Å². The second-order valence-electron chi connectivity index (χ2n) is 4.10. The van der Waals surface area contributed by atoms with Crippen LogP contribution in [0.4, 0.5) is 0 Å². The molecule has 0 aromatic heterocycles. The number of nitrogens with one attached hydrogen (secondary N) is 1. The highest BCUT2D eigenvalue weighted by atomic mass is 79.9. The van der Waals surface area contributed by atoms with Crippen LogP contribution < -0.4 is 5.32 Å². The summed E-state index contributed by atoms with van der Waals surface area (Å²) in [5.41, 5.74) is 0. The molecule has 80 valence electrons. The number of rotatable bonds is 4. The van der Waals surface area contributed by atoms with Crippen LogP contribution >= 0.6 is 27.7 Å². The smallest absolute Gasteiger partial charge is 0.233 e. The molecule has 1 amide bonds. The van der Waals surface area contributed by atoms with Crippen molar-refractivity contribution in [3.05, 3.63) is 0 Å². The summed E-state index contributed by atoms with van der Waals surface area (Å²) in [4.78, 5) is 12.1. The lowest BCUT2D eigenvalue weighted by Crippen LogP contribution is -2.35. The predicted molar refractivity (Wildman–Crippen MR) is 63.9 cm³/mol. The summed E-state index contributed by atoms with van der Waals surface area (Å²) >= 11 is 5.42. The molecule has 1 saturated carbocycles. The minimum Gasteiger partial charge on any atom is -0.354 e. The monoisotopic (exact) mass is 277 g/mol. The van der Waals surface area contributed by atoms with Gasteiger partial charge in [-0.15, -0.1) is 11.8 Å². The van der Waals surface area contributed by atoms with Crippen molar-refractivity contribution < 1.29 is 4.79 Å². The third-order valence-corrected chi connectivity index (χ3v) is 5.27. The van der Waals surface area contributed by atoms with Crippen molar-refractivity contribution in [2.45, 2.75) is 35.8 Å². The molecule has 4 heteroatoms. The second kappa shape index (κ2) is 4.88. The van der Waals surface area contributed by atoms with Gasteiger partial charge in [-0.05, 0) is 37.4 Å². The molecule has 2 unspecified atom stereocenters. The maximum absolute atomic E-state index is 11.6. The Morgan fingerprint density at radius 2 is 2.29 bits per heavy atom. The molecular weight excluding hydrogens is 262 g/mol. The SMILES string of the molecule is O=C(NCC(Br)C1CC1)C1CCCS1. The Balaban J connectivity index is 1.66. The Bertz CT molecular complexity index is 214. The van der Waals surface area contributed by atoms with E-state index in [1.165, 1.54) is 19.3 Å². The van der Waals surface area contributed by atoms with E-state index in [-0.39, 0.29) is 11.2 Å². The van der Waals surface area contributed by atoms with Crippen molar-refractivity contribution in [2.75, 3.05) is 12.3 Å². The van der Waals surface area contributed by atoms with Crippen molar-refractivity contribution in [1.29, 1.82) is 0 Å². The molecule has 14 heavy (non-hydrogen) atoms. The molecule has 0 radical (unpaired) electrons. The molecule has 1 N–H and O–H groups in total. The Labute approximate surface area is 97.7 Å². The minimum absolute atomic E-state index is 0.230. The number of halogens is 1. The molecule has 1 heterocycles. The first-order valence-corrected chi connectivity index (χ1v) is 7.27. The molecule has 1 saturated heterocycles. The van der Waals surface area contributed by atoms with Crippen molar-refractivity contribution in [2.24, 2.45) is 5.92 Å². The van der Waals surface area contributed by atoms with Gasteiger partial charge >= 0.3 is 0 Å². The zero-order valence-corrected chi connectivity index (χ0v) is 10.6. The summed E-state index contributed by atoms with van der Waals surface area (Å²) in [6.45, 7) is 0.806. The van der Waals surface area contributed by atoms with E-state index in [0.29, 0.717) is 4.83 Å². The molecule has 0 spiro atoms. The van der Waals surface area contributed by atoms with E-state index in [9.17, 15) is 4.79 Å². The van der Waals surface area contributed by atoms with Crippen LogP contribution in [0.1, 0.15) is 25.7 Å². The summed E-state index contributed by atoms with van der Waals surface area (Å²) < 4.78 is 0. The van der Waals surface area contributed by atoms with E-state index in [4.69, 9.17) is 0 Å². The third kappa shape index (κ3) is 2.89. The van der Waals surface area contributed by atoms with Gasteiger partial charge in [0.25, 0.3) is 0 Å². The fourth-order valence-corrected chi connectivity index (χ4v) is 3.60. The van der Waals surface area contributed by atoms with Gasteiger partial charge in [0.2, 0.25) is 5.91 Å². The Morgan fingerprint density at radius 3 is 2.86 bits per heavy atom. The van der Waals surface area contributed by atoms with E-state index < -0.39 is 0 Å². The zero-order valence-electron chi connectivity index (χ0n) is 8.17. The summed E-state index contributed by atoms with van der Waals surface area (Å²) in [5, 5.41) is 3.27. The average molecular weight is 278 g/mol. The molecule has 2 rings (SSSR count). The number of hydrogen-bond donors (Lipinski definition) is 1. The Morgan fingerprint density at radius 1 is 1.50 bits per heavy atom. The Kier molecular flexibility index (Phi) is 3.77. The standard InChI is InChI=1S/C10H16BrNOS/c11-8(7-3-4-7)6-12-10(13)9-2-1-5-14-9/h7-9H,1-6H2,(H,12,13). The first-order chi connectivity index (χ1) is 6.77. The van der Waals surface area contributed by atoms with Crippen LogP contribution in [-0.4, -0.2) is 28.3 Å². The van der Waals surface area contributed by atoms with E-state index >= 15 is 0 Å². The maximum Gasteiger partial charge on any atom is 0.233 e. The van der Waals surface area contributed by atoms with Gasteiger partial charge in [-0.25, -0.2) is 0 Å². The minimum atomic E-state index is 0.230. The fraction of sp³-hybridized carbons (Fsp3) is 0.900. The van der Waals surface area contributed by atoms with Crippen LogP contribution in [0.3, 0.4) is 0 Å². The molecule has 0 aromatic carbocycles. The largest absolute Gasteiger partial charge is 0.354 e. The highest BCUT2D eigenvalue weighted by molar-refractivity contribution is 9.09. The predicted octanol–water partition coefficient (Wildman–Crippen LogP) is 2.17. The van der Waals surface area contributed by atoms with Gasteiger partial charge in [0.05, 0.1) is 5.25 Å². The van der Waals surface area contributed by atoms with E-state index in [0.717, 1.165) is 24.6 Å². The van der Waals surface area contributed by atoms with E-state index in [2.05, 4.69) is 21.2 Å². The molecule has 1 aliphatic carbocycles. The summed E-state index contributed by atoms with van der Waals surface area (Å²) in [6, 6.07) is 0. The summed E-state index contributed by atoms with van der Waals surface area (Å²) in [7, 11) is 0. The first kappa shape index (κ1) is 10.8. The molecule has 2 nitrogen and oxygen atoms in total. The van der Waals surface area contributed by atoms with Gasteiger partial charge in [-0.2, -0.15) is 0 Å². The van der Waals surface area contributed by atoms with Crippen molar-refractivity contribution >= 4 is 33.6 Å². The molecule has 0 aromatic rings. The summed E-state index contributed by atoms with van der Waals surface area (Å²) in [6.07, 6.45) is 4.91. The third-order valence-electron chi connectivity index (χ3n) is 2.83. The molecule has 2 fully saturated rings. The number of thioether (sulfide) groups is 1. The van der Waals surface area contributed by atoms with E-state index in [1.807, 2.05) is 0 Å². The zero-order chi connectivity index (χ0) is 9.97. The normalized spacial score (nSPS) is 28.8. The van der Waals surface area contributed by atoms with Gasteiger partial charge < -0.3 is 5.32 Å². The highest BCUT2D eigenvalue weighted by Crippen LogP contribution is 2.36. The summed E-state index contributed by atoms with van der Waals surface area (Å²) in [5.74, 6) is 2.21. The number of carbonyl (C=O) groups excluding carboxylic acids is 1. The molecular formula is C10H16BrNOS. The van der Waals surface area contributed by atoms with Crippen molar-refractivity contribution in [3.8, 4) is 0 Å². The Hall–Kier alpha value is 0.300. The quantitative estimate of drug-likeness (QED) is 0.799. The van der Waals surface area contributed by atoms with Gasteiger partial charge in [0.15, 0.2) is 0 Å². The van der Waals surface area contributed by atoms with Gasteiger partial charge in [0.1, 0.15) is 0 Å². The van der Waals surface area contributed by atoms with Crippen LogP contribution in [0, 0.1) is 5.92 Å². The van der Waals surface area contributed by atoms with Gasteiger partial charge in [0, 0.05) is 11.4 Å². The van der Waals surface area contributed by atoms with Crippen molar-refractivity contribution in [1.82, 2.24) is 5.32 Å².